The molecule has 7 nitrogen and oxygen atoms in total. The second-order valence-electron chi connectivity index (χ2n) is 4.73. The highest BCUT2D eigenvalue weighted by molar-refractivity contribution is 6.34. The molecule has 128 valence electrons. The fourth-order valence-electron chi connectivity index (χ4n) is 2.07. The molecule has 0 spiro atoms. The van der Waals surface area contributed by atoms with Gasteiger partial charge in [0, 0.05) is 17.8 Å². The number of amides is 2. The number of nitrogens with one attached hydrogen (secondary N) is 2. The predicted molar refractivity (Wildman–Crippen MR) is 94.6 cm³/mol. The topological polar surface area (TPSA) is 94.8 Å². The molecule has 0 aliphatic rings. The molecule has 0 unspecified atom stereocenters. The van der Waals surface area contributed by atoms with Gasteiger partial charge in [-0.05, 0) is 18.2 Å². The third-order valence-electron chi connectivity index (χ3n) is 3.16. The van der Waals surface area contributed by atoms with E-state index in [1.165, 1.54) is 21.3 Å². The number of hydrogen-bond acceptors (Lipinski definition) is 5. The molecular formula is C16H18ClN3O4. The standard InChI is InChI=1S/C16H18ClN3O4/c1-22-13-7-10(8-14(23-2)15(13)24-3)19-16(21)20-12-5-4-9(18)6-11(12)17/h4-8H,18H2,1-3H3,(H2,19,20,21). The summed E-state index contributed by atoms with van der Waals surface area (Å²) in [5.74, 6) is 1.29. The molecule has 0 atom stereocenters. The lowest BCUT2D eigenvalue weighted by Crippen LogP contribution is -2.19. The summed E-state index contributed by atoms with van der Waals surface area (Å²) in [6, 6.07) is 7.57. The van der Waals surface area contributed by atoms with Crippen LogP contribution >= 0.6 is 11.6 Å². The van der Waals surface area contributed by atoms with Gasteiger partial charge in [-0.1, -0.05) is 11.6 Å². The first kappa shape index (κ1) is 17.6. The van der Waals surface area contributed by atoms with Crippen LogP contribution in [-0.2, 0) is 0 Å². The van der Waals surface area contributed by atoms with Crippen molar-refractivity contribution in [2.75, 3.05) is 37.7 Å². The largest absolute Gasteiger partial charge is 0.493 e. The Morgan fingerprint density at radius 3 is 2.12 bits per heavy atom. The Labute approximate surface area is 144 Å². The number of carbonyl (C=O) groups is 1. The van der Waals surface area contributed by atoms with E-state index < -0.39 is 6.03 Å². The van der Waals surface area contributed by atoms with Crippen molar-refractivity contribution in [1.29, 1.82) is 0 Å². The highest BCUT2D eigenvalue weighted by Crippen LogP contribution is 2.40. The van der Waals surface area contributed by atoms with Gasteiger partial charge in [0.15, 0.2) is 11.5 Å². The molecule has 2 amide bonds. The van der Waals surface area contributed by atoms with Gasteiger partial charge in [-0.2, -0.15) is 0 Å². The van der Waals surface area contributed by atoms with Crippen molar-refractivity contribution in [2.24, 2.45) is 0 Å². The summed E-state index contributed by atoms with van der Waals surface area (Å²) in [6.45, 7) is 0. The van der Waals surface area contributed by atoms with Crippen LogP contribution < -0.4 is 30.6 Å². The molecule has 0 saturated carbocycles. The van der Waals surface area contributed by atoms with Crippen LogP contribution in [-0.4, -0.2) is 27.4 Å². The van der Waals surface area contributed by atoms with E-state index in [0.29, 0.717) is 39.3 Å². The van der Waals surface area contributed by atoms with E-state index >= 15 is 0 Å². The first-order valence-electron chi connectivity index (χ1n) is 6.91. The van der Waals surface area contributed by atoms with Crippen molar-refractivity contribution in [3.8, 4) is 17.2 Å². The number of nitrogens with two attached hydrogens (primary N) is 1. The Morgan fingerprint density at radius 1 is 1.00 bits per heavy atom. The molecule has 2 aromatic carbocycles. The minimum atomic E-state index is -0.476. The third kappa shape index (κ3) is 3.94. The van der Waals surface area contributed by atoms with E-state index in [1.807, 2.05) is 0 Å². The lowest BCUT2D eigenvalue weighted by molar-refractivity contribution is 0.262. The minimum Gasteiger partial charge on any atom is -0.493 e. The monoisotopic (exact) mass is 351 g/mol. The fourth-order valence-corrected chi connectivity index (χ4v) is 2.31. The maximum Gasteiger partial charge on any atom is 0.323 e. The first-order valence-corrected chi connectivity index (χ1v) is 7.29. The number of anilines is 3. The Kier molecular flexibility index (Phi) is 5.59. The van der Waals surface area contributed by atoms with Crippen molar-refractivity contribution >= 4 is 34.7 Å². The Hall–Kier alpha value is -2.80. The molecule has 0 saturated heterocycles. The molecule has 0 heterocycles. The van der Waals surface area contributed by atoms with Gasteiger partial charge in [0.1, 0.15) is 0 Å². The zero-order valence-electron chi connectivity index (χ0n) is 13.5. The number of ether oxygens (including phenoxy) is 3. The fraction of sp³-hybridized carbons (Fsp3) is 0.188. The molecule has 0 aromatic heterocycles. The van der Waals surface area contributed by atoms with Crippen molar-refractivity contribution in [3.05, 3.63) is 35.4 Å². The average molecular weight is 352 g/mol. The Bertz CT molecular complexity index is 727. The first-order chi connectivity index (χ1) is 11.5. The van der Waals surface area contributed by atoms with Crippen LogP contribution in [0.15, 0.2) is 30.3 Å². The van der Waals surface area contributed by atoms with Crippen LogP contribution in [0.2, 0.25) is 5.02 Å². The number of nitrogen functional groups attached to an aromatic ring is 1. The normalized spacial score (nSPS) is 10.0. The zero-order valence-corrected chi connectivity index (χ0v) is 14.2. The number of methoxy groups -OCH3 is 3. The van der Waals surface area contributed by atoms with Gasteiger partial charge in [-0.25, -0.2) is 4.79 Å². The van der Waals surface area contributed by atoms with E-state index in [0.717, 1.165) is 0 Å². The molecule has 0 aliphatic heterocycles. The van der Waals surface area contributed by atoms with Crippen LogP contribution in [0.4, 0.5) is 21.9 Å². The summed E-state index contributed by atoms with van der Waals surface area (Å²) in [4.78, 5) is 12.1. The lowest BCUT2D eigenvalue weighted by atomic mass is 10.2. The number of urea groups is 1. The second-order valence-corrected chi connectivity index (χ2v) is 5.14. The molecule has 24 heavy (non-hydrogen) atoms. The van der Waals surface area contributed by atoms with Crippen LogP contribution in [0.1, 0.15) is 0 Å². The number of rotatable bonds is 5. The molecule has 0 fully saturated rings. The van der Waals surface area contributed by atoms with Crippen molar-refractivity contribution in [2.45, 2.75) is 0 Å². The van der Waals surface area contributed by atoms with Crippen molar-refractivity contribution in [1.82, 2.24) is 0 Å². The van der Waals surface area contributed by atoms with Crippen LogP contribution in [0, 0.1) is 0 Å². The molecule has 2 aromatic rings. The molecule has 0 radical (unpaired) electrons. The maximum absolute atomic E-state index is 12.1. The predicted octanol–water partition coefficient (Wildman–Crippen LogP) is 3.59. The highest BCUT2D eigenvalue weighted by Gasteiger charge is 2.15. The number of halogens is 1. The number of carbonyl (C=O) groups excluding carboxylic acids is 1. The quantitative estimate of drug-likeness (QED) is 0.715. The average Bonchev–Trinajstić information content (AvgIpc) is 2.56. The highest BCUT2D eigenvalue weighted by atomic mass is 35.5. The third-order valence-corrected chi connectivity index (χ3v) is 3.48. The van der Waals surface area contributed by atoms with E-state index in [2.05, 4.69) is 10.6 Å². The van der Waals surface area contributed by atoms with E-state index in [1.54, 1.807) is 30.3 Å². The van der Waals surface area contributed by atoms with E-state index in [-0.39, 0.29) is 0 Å². The molecular weight excluding hydrogens is 334 g/mol. The van der Waals surface area contributed by atoms with Gasteiger partial charge in [0.05, 0.1) is 37.7 Å². The maximum atomic E-state index is 12.1. The number of benzene rings is 2. The van der Waals surface area contributed by atoms with Crippen molar-refractivity contribution < 1.29 is 19.0 Å². The van der Waals surface area contributed by atoms with Crippen molar-refractivity contribution in [3.63, 3.8) is 0 Å². The van der Waals surface area contributed by atoms with Crippen LogP contribution in [0.3, 0.4) is 0 Å². The zero-order chi connectivity index (χ0) is 17.7. The van der Waals surface area contributed by atoms with Crippen LogP contribution in [0.5, 0.6) is 17.2 Å². The van der Waals surface area contributed by atoms with Gasteiger partial charge in [0.25, 0.3) is 0 Å². The van der Waals surface area contributed by atoms with Gasteiger partial charge in [0.2, 0.25) is 5.75 Å². The Balaban J connectivity index is 2.19. The number of hydrogen-bond donors (Lipinski definition) is 3. The summed E-state index contributed by atoms with van der Waals surface area (Å²) in [6.07, 6.45) is 0. The SMILES string of the molecule is COc1cc(NC(=O)Nc2ccc(N)cc2Cl)cc(OC)c1OC. The molecule has 2 rings (SSSR count). The lowest BCUT2D eigenvalue weighted by Gasteiger charge is -2.15. The van der Waals surface area contributed by atoms with E-state index in [9.17, 15) is 4.79 Å². The molecule has 8 heteroatoms. The summed E-state index contributed by atoms with van der Waals surface area (Å²) in [5.41, 5.74) is 7.04. The molecule has 0 bridgehead atoms. The summed E-state index contributed by atoms with van der Waals surface area (Å²) in [7, 11) is 4.49. The summed E-state index contributed by atoms with van der Waals surface area (Å²) >= 11 is 6.03. The van der Waals surface area contributed by atoms with E-state index in [4.69, 9.17) is 31.5 Å². The van der Waals surface area contributed by atoms with Gasteiger partial charge in [-0.15, -0.1) is 0 Å². The molecule has 0 aliphatic carbocycles. The van der Waals surface area contributed by atoms with Crippen LogP contribution in [0.25, 0.3) is 0 Å². The smallest absolute Gasteiger partial charge is 0.323 e. The Morgan fingerprint density at radius 2 is 1.62 bits per heavy atom. The minimum absolute atomic E-state index is 0.343. The van der Waals surface area contributed by atoms with Gasteiger partial charge >= 0.3 is 6.03 Å². The molecule has 4 N–H and O–H groups in total. The second kappa shape index (κ2) is 7.65. The summed E-state index contributed by atoms with van der Waals surface area (Å²) < 4.78 is 15.7. The van der Waals surface area contributed by atoms with Gasteiger partial charge < -0.3 is 30.6 Å². The summed E-state index contributed by atoms with van der Waals surface area (Å²) in [5, 5.41) is 5.66. The van der Waals surface area contributed by atoms with Gasteiger partial charge in [-0.3, -0.25) is 0 Å².